The molecule has 1 heterocycles. The number of hydrogen-bond donors (Lipinski definition) is 0. The summed E-state index contributed by atoms with van der Waals surface area (Å²) < 4.78 is 0. The van der Waals surface area contributed by atoms with Crippen LogP contribution in [0.15, 0.2) is 36.4 Å². The highest BCUT2D eigenvalue weighted by Crippen LogP contribution is 2.29. The number of benzene rings is 1. The van der Waals surface area contributed by atoms with Crippen LogP contribution in [-0.2, 0) is 0 Å². The van der Waals surface area contributed by atoms with Crippen LogP contribution in [-0.4, -0.2) is 48.3 Å². The minimum atomic E-state index is 0.370. The van der Waals surface area contributed by atoms with E-state index in [0.717, 1.165) is 13.1 Å². The van der Waals surface area contributed by atoms with Crippen LogP contribution in [0.25, 0.3) is 5.70 Å². The van der Waals surface area contributed by atoms with E-state index in [0.29, 0.717) is 6.17 Å². The molecule has 1 aromatic rings. The van der Waals surface area contributed by atoms with Crippen LogP contribution >= 0.6 is 0 Å². The molecule has 0 spiro atoms. The molecular weight excluding hydrogens is 246 g/mol. The summed E-state index contributed by atoms with van der Waals surface area (Å²) in [6, 6.07) is 10.6. The minimum absolute atomic E-state index is 0.370. The molecule has 20 heavy (non-hydrogen) atoms. The normalized spacial score (nSPS) is 19.8. The summed E-state index contributed by atoms with van der Waals surface area (Å²) in [4.78, 5) is 2.56. The van der Waals surface area contributed by atoms with E-state index in [-0.39, 0.29) is 0 Å². The van der Waals surface area contributed by atoms with Crippen LogP contribution in [0.3, 0.4) is 0 Å². The minimum Gasteiger partial charge on any atom is -0.307 e. The number of hydrazine groups is 1. The van der Waals surface area contributed by atoms with Gasteiger partial charge in [0.05, 0.1) is 5.70 Å². The summed E-state index contributed by atoms with van der Waals surface area (Å²) in [7, 11) is 4.32. The second-order valence-electron chi connectivity index (χ2n) is 5.46. The van der Waals surface area contributed by atoms with Crippen molar-refractivity contribution in [1.82, 2.24) is 14.9 Å². The predicted octanol–water partition coefficient (Wildman–Crippen LogP) is 3.27. The lowest BCUT2D eigenvalue weighted by Gasteiger charge is -2.35. The quantitative estimate of drug-likeness (QED) is 0.787. The molecule has 0 bridgehead atoms. The lowest BCUT2D eigenvalue weighted by molar-refractivity contribution is -0.000292. The number of rotatable bonds is 6. The second-order valence-corrected chi connectivity index (χ2v) is 5.46. The van der Waals surface area contributed by atoms with Crippen LogP contribution < -0.4 is 0 Å². The maximum Gasteiger partial charge on any atom is 0.101 e. The van der Waals surface area contributed by atoms with Gasteiger partial charge in [0, 0.05) is 14.1 Å². The summed E-state index contributed by atoms with van der Waals surface area (Å²) in [5.41, 5.74) is 2.59. The Morgan fingerprint density at radius 2 is 1.60 bits per heavy atom. The van der Waals surface area contributed by atoms with Gasteiger partial charge in [0.25, 0.3) is 0 Å². The Bertz CT molecular complexity index is 435. The van der Waals surface area contributed by atoms with Crippen molar-refractivity contribution in [2.45, 2.75) is 32.9 Å². The molecule has 0 radical (unpaired) electrons. The summed E-state index contributed by atoms with van der Waals surface area (Å²) in [5.74, 6) is 0. The molecule has 0 amide bonds. The Morgan fingerprint density at radius 3 is 2.15 bits per heavy atom. The number of likely N-dealkylation sites (N-methyl/N-ethyl adjacent to an activating group) is 1. The first-order chi connectivity index (χ1) is 9.69. The standard InChI is InChI=1S/C17H27N3/c1-5-12-20(13-6-2)17-14-16(18(3)19(17)4)15-10-8-7-9-11-15/h7-11,14,17H,5-6,12-13H2,1-4H3. The fraction of sp³-hybridized carbons (Fsp3) is 0.529. The van der Waals surface area contributed by atoms with Gasteiger partial charge in [-0.05, 0) is 37.6 Å². The van der Waals surface area contributed by atoms with Crippen molar-refractivity contribution in [2.24, 2.45) is 0 Å². The molecule has 0 aromatic heterocycles. The van der Waals surface area contributed by atoms with E-state index in [4.69, 9.17) is 0 Å². The Hall–Kier alpha value is -1.32. The summed E-state index contributed by atoms with van der Waals surface area (Å²) in [6.07, 6.45) is 5.15. The van der Waals surface area contributed by atoms with Gasteiger partial charge in [0.1, 0.15) is 6.17 Å². The summed E-state index contributed by atoms with van der Waals surface area (Å²) in [5, 5.41) is 4.59. The monoisotopic (exact) mass is 273 g/mol. The van der Waals surface area contributed by atoms with Crippen molar-refractivity contribution in [3.8, 4) is 0 Å². The van der Waals surface area contributed by atoms with E-state index in [2.05, 4.69) is 79.3 Å². The Morgan fingerprint density at radius 1 is 1.00 bits per heavy atom. The van der Waals surface area contributed by atoms with Crippen molar-refractivity contribution in [3.63, 3.8) is 0 Å². The molecule has 1 atom stereocenters. The van der Waals surface area contributed by atoms with E-state index in [9.17, 15) is 0 Å². The molecule has 1 unspecified atom stereocenters. The van der Waals surface area contributed by atoms with Crippen LogP contribution in [0.5, 0.6) is 0 Å². The smallest absolute Gasteiger partial charge is 0.101 e. The average molecular weight is 273 g/mol. The highest BCUT2D eigenvalue weighted by atomic mass is 15.7. The molecule has 2 rings (SSSR count). The van der Waals surface area contributed by atoms with Crippen molar-refractivity contribution < 1.29 is 0 Å². The Balaban J connectivity index is 2.24. The molecule has 1 aliphatic rings. The zero-order valence-electron chi connectivity index (χ0n) is 13.2. The maximum absolute atomic E-state index is 2.56. The van der Waals surface area contributed by atoms with Gasteiger partial charge in [-0.15, -0.1) is 0 Å². The van der Waals surface area contributed by atoms with Crippen molar-refractivity contribution in [2.75, 3.05) is 27.2 Å². The van der Waals surface area contributed by atoms with Gasteiger partial charge in [0.2, 0.25) is 0 Å². The molecule has 0 saturated carbocycles. The molecule has 110 valence electrons. The fourth-order valence-electron chi connectivity index (χ4n) is 2.89. The van der Waals surface area contributed by atoms with Crippen molar-refractivity contribution >= 4 is 5.70 Å². The van der Waals surface area contributed by atoms with E-state index in [1.807, 2.05) is 0 Å². The van der Waals surface area contributed by atoms with E-state index >= 15 is 0 Å². The van der Waals surface area contributed by atoms with E-state index in [1.165, 1.54) is 24.1 Å². The van der Waals surface area contributed by atoms with Gasteiger partial charge in [-0.25, -0.2) is 5.01 Å². The first-order valence-electron chi connectivity index (χ1n) is 7.66. The Labute approximate surface area is 123 Å². The van der Waals surface area contributed by atoms with Gasteiger partial charge in [-0.1, -0.05) is 44.2 Å². The highest BCUT2D eigenvalue weighted by molar-refractivity contribution is 5.65. The molecular formula is C17H27N3. The lowest BCUT2D eigenvalue weighted by Crippen LogP contribution is -2.47. The third kappa shape index (κ3) is 3.05. The van der Waals surface area contributed by atoms with Gasteiger partial charge in [-0.2, -0.15) is 0 Å². The maximum atomic E-state index is 2.56. The molecule has 1 aliphatic heterocycles. The fourth-order valence-corrected chi connectivity index (χ4v) is 2.89. The molecule has 0 saturated heterocycles. The first-order valence-corrected chi connectivity index (χ1v) is 7.66. The third-order valence-corrected chi connectivity index (χ3v) is 3.98. The van der Waals surface area contributed by atoms with Crippen LogP contribution in [0.1, 0.15) is 32.3 Å². The topological polar surface area (TPSA) is 9.72 Å². The van der Waals surface area contributed by atoms with E-state index < -0.39 is 0 Å². The first kappa shape index (κ1) is 15.1. The Kier molecular flexibility index (Phi) is 5.21. The molecule has 0 aliphatic carbocycles. The van der Waals surface area contributed by atoms with Gasteiger partial charge in [0.15, 0.2) is 0 Å². The predicted molar refractivity (Wildman–Crippen MR) is 85.9 cm³/mol. The molecule has 3 heteroatoms. The molecule has 1 aromatic carbocycles. The van der Waals surface area contributed by atoms with Crippen LogP contribution in [0.2, 0.25) is 0 Å². The van der Waals surface area contributed by atoms with Gasteiger partial charge >= 0.3 is 0 Å². The van der Waals surface area contributed by atoms with Crippen LogP contribution in [0, 0.1) is 0 Å². The summed E-state index contributed by atoms with van der Waals surface area (Å²) >= 11 is 0. The van der Waals surface area contributed by atoms with Crippen molar-refractivity contribution in [1.29, 1.82) is 0 Å². The average Bonchev–Trinajstić information content (AvgIpc) is 2.76. The second kappa shape index (κ2) is 6.91. The highest BCUT2D eigenvalue weighted by Gasteiger charge is 2.30. The zero-order chi connectivity index (χ0) is 14.5. The third-order valence-electron chi connectivity index (χ3n) is 3.98. The lowest BCUT2D eigenvalue weighted by atomic mass is 10.1. The number of nitrogens with zero attached hydrogens (tertiary/aromatic N) is 3. The number of hydrogen-bond acceptors (Lipinski definition) is 3. The van der Waals surface area contributed by atoms with Crippen molar-refractivity contribution in [3.05, 3.63) is 42.0 Å². The molecule has 0 N–H and O–H groups in total. The van der Waals surface area contributed by atoms with Gasteiger partial charge < -0.3 is 5.01 Å². The van der Waals surface area contributed by atoms with Gasteiger partial charge in [-0.3, -0.25) is 4.90 Å². The molecule has 3 nitrogen and oxygen atoms in total. The largest absolute Gasteiger partial charge is 0.307 e. The SMILES string of the molecule is CCCN(CCC)C1C=C(c2ccccc2)N(C)N1C. The van der Waals surface area contributed by atoms with E-state index in [1.54, 1.807) is 0 Å². The summed E-state index contributed by atoms with van der Waals surface area (Å²) in [6.45, 7) is 6.80. The molecule has 0 fully saturated rings. The van der Waals surface area contributed by atoms with Crippen LogP contribution in [0.4, 0.5) is 0 Å². The zero-order valence-corrected chi connectivity index (χ0v) is 13.2.